The van der Waals surface area contributed by atoms with Crippen LogP contribution in [0.3, 0.4) is 0 Å². The standard InChI is InChI=1S/C23H23ClN4OS/c1-4-28-21-20(16(3)26-28)25-23(30-14-17-9-7-8-15(2)12-17)27(22(21)29)13-18-10-5-6-11-19(18)24/h5-12H,4,13-14H2,1-3H3. The SMILES string of the molecule is CCn1nc(C)c2nc(SCc3cccc(C)c3)n(Cc3ccccc3Cl)c(=O)c21. The van der Waals surface area contributed by atoms with Gasteiger partial charge in [0.2, 0.25) is 0 Å². The lowest BCUT2D eigenvalue weighted by molar-refractivity contribution is 0.636. The van der Waals surface area contributed by atoms with Crippen LogP contribution in [0.1, 0.15) is 29.3 Å². The van der Waals surface area contributed by atoms with E-state index >= 15 is 0 Å². The summed E-state index contributed by atoms with van der Waals surface area (Å²) in [6.45, 7) is 6.93. The summed E-state index contributed by atoms with van der Waals surface area (Å²) in [5.74, 6) is 0.725. The number of halogens is 1. The van der Waals surface area contributed by atoms with Gasteiger partial charge in [0.1, 0.15) is 5.52 Å². The first-order valence-corrected chi connectivity index (χ1v) is 11.2. The van der Waals surface area contributed by atoms with Crippen molar-refractivity contribution in [2.45, 2.75) is 44.8 Å². The van der Waals surface area contributed by atoms with Crippen LogP contribution in [0.15, 0.2) is 58.5 Å². The van der Waals surface area contributed by atoms with Gasteiger partial charge in [0.15, 0.2) is 10.7 Å². The first-order chi connectivity index (χ1) is 14.5. The van der Waals surface area contributed by atoms with E-state index in [1.807, 2.05) is 44.2 Å². The molecule has 154 valence electrons. The van der Waals surface area contributed by atoms with Crippen LogP contribution in [-0.2, 0) is 18.8 Å². The summed E-state index contributed by atoms with van der Waals surface area (Å²) in [6.07, 6.45) is 0. The lowest BCUT2D eigenvalue weighted by Crippen LogP contribution is -2.25. The number of rotatable bonds is 6. The molecule has 0 aliphatic rings. The van der Waals surface area contributed by atoms with Crippen LogP contribution in [0.25, 0.3) is 11.0 Å². The van der Waals surface area contributed by atoms with E-state index in [0.29, 0.717) is 34.3 Å². The second-order valence-electron chi connectivity index (χ2n) is 7.25. The van der Waals surface area contributed by atoms with Crippen molar-refractivity contribution in [1.29, 1.82) is 0 Å². The largest absolute Gasteiger partial charge is 0.281 e. The quantitative estimate of drug-likeness (QED) is 0.306. The highest BCUT2D eigenvalue weighted by Crippen LogP contribution is 2.25. The van der Waals surface area contributed by atoms with Crippen LogP contribution in [0.5, 0.6) is 0 Å². The van der Waals surface area contributed by atoms with E-state index in [4.69, 9.17) is 16.6 Å². The fraction of sp³-hybridized carbons (Fsp3) is 0.261. The normalized spacial score (nSPS) is 11.3. The van der Waals surface area contributed by atoms with Gasteiger partial charge < -0.3 is 0 Å². The maximum atomic E-state index is 13.5. The Labute approximate surface area is 184 Å². The first kappa shape index (κ1) is 20.7. The molecule has 0 amide bonds. The Bertz CT molecular complexity index is 1280. The zero-order valence-electron chi connectivity index (χ0n) is 17.2. The van der Waals surface area contributed by atoms with Crippen molar-refractivity contribution in [3.05, 3.63) is 86.3 Å². The van der Waals surface area contributed by atoms with Gasteiger partial charge in [-0.15, -0.1) is 0 Å². The molecule has 0 fully saturated rings. The maximum absolute atomic E-state index is 13.5. The Hall–Kier alpha value is -2.57. The van der Waals surface area contributed by atoms with Crippen molar-refractivity contribution in [3.8, 4) is 0 Å². The molecule has 5 nitrogen and oxygen atoms in total. The van der Waals surface area contributed by atoms with E-state index in [1.165, 1.54) is 11.1 Å². The molecule has 4 aromatic rings. The number of fused-ring (bicyclic) bond motifs is 1. The molecule has 0 atom stereocenters. The second kappa shape index (κ2) is 8.66. The summed E-state index contributed by atoms with van der Waals surface area (Å²) in [6, 6.07) is 16.0. The van der Waals surface area contributed by atoms with Gasteiger partial charge in [-0.25, -0.2) is 4.98 Å². The number of aryl methyl sites for hydroxylation is 3. The van der Waals surface area contributed by atoms with E-state index in [1.54, 1.807) is 21.0 Å². The fourth-order valence-electron chi connectivity index (χ4n) is 3.51. The molecular weight excluding hydrogens is 416 g/mol. The van der Waals surface area contributed by atoms with E-state index in [0.717, 1.165) is 17.0 Å². The van der Waals surface area contributed by atoms with Crippen molar-refractivity contribution in [2.24, 2.45) is 0 Å². The Morgan fingerprint density at radius 1 is 1.10 bits per heavy atom. The van der Waals surface area contributed by atoms with E-state index in [-0.39, 0.29) is 5.56 Å². The number of benzene rings is 2. The number of aromatic nitrogens is 4. The molecule has 0 aliphatic heterocycles. The van der Waals surface area contributed by atoms with Gasteiger partial charge >= 0.3 is 0 Å². The predicted octanol–water partition coefficient (Wildman–Crippen LogP) is 5.22. The zero-order chi connectivity index (χ0) is 21.3. The molecule has 0 saturated heterocycles. The zero-order valence-corrected chi connectivity index (χ0v) is 18.8. The van der Waals surface area contributed by atoms with Crippen molar-refractivity contribution in [1.82, 2.24) is 19.3 Å². The smallest absolute Gasteiger partial charge is 0.280 e. The van der Waals surface area contributed by atoms with Crippen LogP contribution < -0.4 is 5.56 Å². The highest BCUT2D eigenvalue weighted by atomic mass is 35.5. The Morgan fingerprint density at radius 3 is 2.63 bits per heavy atom. The Morgan fingerprint density at radius 2 is 1.90 bits per heavy atom. The lowest BCUT2D eigenvalue weighted by Gasteiger charge is -2.14. The Kier molecular flexibility index (Phi) is 5.97. The van der Waals surface area contributed by atoms with E-state index < -0.39 is 0 Å². The van der Waals surface area contributed by atoms with Gasteiger partial charge in [-0.05, 0) is 38.0 Å². The minimum Gasteiger partial charge on any atom is -0.281 e. The number of hydrogen-bond acceptors (Lipinski definition) is 4. The van der Waals surface area contributed by atoms with Crippen molar-refractivity contribution < 1.29 is 0 Å². The molecule has 0 spiro atoms. The second-order valence-corrected chi connectivity index (χ2v) is 8.60. The average Bonchev–Trinajstić information content (AvgIpc) is 3.06. The number of nitrogens with zero attached hydrogens (tertiary/aromatic N) is 4. The molecule has 2 heterocycles. The van der Waals surface area contributed by atoms with Crippen LogP contribution in [0.2, 0.25) is 5.02 Å². The Balaban J connectivity index is 1.83. The highest BCUT2D eigenvalue weighted by Gasteiger charge is 2.19. The van der Waals surface area contributed by atoms with Gasteiger partial charge in [-0.1, -0.05) is 71.4 Å². The van der Waals surface area contributed by atoms with Crippen LogP contribution in [-0.4, -0.2) is 19.3 Å². The molecule has 0 unspecified atom stereocenters. The third-order valence-electron chi connectivity index (χ3n) is 5.02. The van der Waals surface area contributed by atoms with Crippen LogP contribution in [0, 0.1) is 13.8 Å². The minimum absolute atomic E-state index is 0.0888. The van der Waals surface area contributed by atoms with Crippen LogP contribution in [0.4, 0.5) is 0 Å². The molecule has 0 bridgehead atoms. The summed E-state index contributed by atoms with van der Waals surface area (Å²) in [4.78, 5) is 18.4. The van der Waals surface area contributed by atoms with E-state index in [2.05, 4.69) is 30.2 Å². The molecule has 7 heteroatoms. The third-order valence-corrected chi connectivity index (χ3v) is 6.43. The highest BCUT2D eigenvalue weighted by molar-refractivity contribution is 7.98. The molecule has 0 saturated carbocycles. The van der Waals surface area contributed by atoms with Gasteiger partial charge in [0.05, 0.1) is 12.2 Å². The number of thioether (sulfide) groups is 1. The monoisotopic (exact) mass is 438 g/mol. The van der Waals surface area contributed by atoms with Gasteiger partial charge in [0, 0.05) is 17.3 Å². The van der Waals surface area contributed by atoms with Gasteiger partial charge in [-0.3, -0.25) is 14.0 Å². The average molecular weight is 439 g/mol. The summed E-state index contributed by atoms with van der Waals surface area (Å²) in [5, 5.41) is 5.82. The fourth-order valence-corrected chi connectivity index (χ4v) is 4.64. The first-order valence-electron chi connectivity index (χ1n) is 9.87. The lowest BCUT2D eigenvalue weighted by atomic mass is 10.2. The van der Waals surface area contributed by atoms with Gasteiger partial charge in [0.25, 0.3) is 5.56 Å². The molecule has 2 aromatic heterocycles. The summed E-state index contributed by atoms with van der Waals surface area (Å²) in [5.41, 5.74) is 5.19. The maximum Gasteiger partial charge on any atom is 0.280 e. The van der Waals surface area contributed by atoms with Crippen LogP contribution >= 0.6 is 23.4 Å². The summed E-state index contributed by atoms with van der Waals surface area (Å²) in [7, 11) is 0. The van der Waals surface area contributed by atoms with Crippen molar-refractivity contribution >= 4 is 34.4 Å². The van der Waals surface area contributed by atoms with Crippen molar-refractivity contribution in [3.63, 3.8) is 0 Å². The predicted molar refractivity (Wildman–Crippen MR) is 123 cm³/mol. The molecular formula is C23H23ClN4OS. The van der Waals surface area contributed by atoms with E-state index in [9.17, 15) is 4.79 Å². The minimum atomic E-state index is -0.0888. The third kappa shape index (κ3) is 4.02. The summed E-state index contributed by atoms with van der Waals surface area (Å²) >= 11 is 7.95. The molecule has 0 radical (unpaired) electrons. The summed E-state index contributed by atoms with van der Waals surface area (Å²) < 4.78 is 3.45. The molecule has 0 aliphatic carbocycles. The molecule has 4 rings (SSSR count). The number of hydrogen-bond donors (Lipinski definition) is 0. The molecule has 0 N–H and O–H groups in total. The van der Waals surface area contributed by atoms with Gasteiger partial charge in [-0.2, -0.15) is 5.10 Å². The van der Waals surface area contributed by atoms with Crippen molar-refractivity contribution in [2.75, 3.05) is 0 Å². The topological polar surface area (TPSA) is 52.7 Å². The molecule has 30 heavy (non-hydrogen) atoms. The molecule has 2 aromatic carbocycles.